The van der Waals surface area contributed by atoms with Crippen molar-refractivity contribution in [2.75, 3.05) is 79.0 Å². The van der Waals surface area contributed by atoms with E-state index >= 15 is 0 Å². The van der Waals surface area contributed by atoms with Gasteiger partial charge in [-0.2, -0.15) is 0 Å². The van der Waals surface area contributed by atoms with Gasteiger partial charge in [-0.05, 0) is 29.8 Å². The first-order valence-electron chi connectivity index (χ1n) is 13.5. The van der Waals surface area contributed by atoms with E-state index in [4.69, 9.17) is 23.9 Å². The summed E-state index contributed by atoms with van der Waals surface area (Å²) in [6.45, 7) is 8.67. The lowest BCUT2D eigenvalue weighted by atomic mass is 10.0. The van der Waals surface area contributed by atoms with Gasteiger partial charge in [-0.1, -0.05) is 42.5 Å². The number of nitrogens with zero attached hydrogens (tertiary/aromatic N) is 4. The third-order valence-electron chi connectivity index (χ3n) is 6.45. The second-order valence-electron chi connectivity index (χ2n) is 9.15. The van der Waals surface area contributed by atoms with Crippen LogP contribution in [0.25, 0.3) is 0 Å². The largest absolute Gasteiger partial charge is 0.378 e. The molecule has 38 heavy (non-hydrogen) atoms. The molecule has 0 aliphatic carbocycles. The van der Waals surface area contributed by atoms with Gasteiger partial charge in [0.05, 0.1) is 70.3 Å². The molecule has 0 radical (unpaired) electrons. The maximum Gasteiger partial charge on any atom is 0.0777 e. The number of rotatable bonds is 5. The zero-order chi connectivity index (χ0) is 26.1. The number of hydrogen-bond donors (Lipinski definition) is 0. The van der Waals surface area contributed by atoms with Crippen molar-refractivity contribution in [1.82, 2.24) is 19.8 Å². The molecule has 1 saturated heterocycles. The van der Waals surface area contributed by atoms with Gasteiger partial charge in [0.25, 0.3) is 0 Å². The summed E-state index contributed by atoms with van der Waals surface area (Å²) >= 11 is 0. The molecule has 0 N–H and O–H groups in total. The summed E-state index contributed by atoms with van der Waals surface area (Å²) in [5, 5.41) is 0. The SMILES string of the molecule is c1ccc(C(c2ccccn2)N2CCOCCOCCN(Cc3ccccn3)CCOCCOCC2)cc1. The Balaban J connectivity index is 1.34. The molecule has 3 heterocycles. The monoisotopic (exact) mass is 520 g/mol. The first kappa shape index (κ1) is 28.3. The van der Waals surface area contributed by atoms with Gasteiger partial charge in [-0.15, -0.1) is 0 Å². The summed E-state index contributed by atoms with van der Waals surface area (Å²) < 4.78 is 23.7. The summed E-state index contributed by atoms with van der Waals surface area (Å²) in [7, 11) is 0. The Morgan fingerprint density at radius 3 is 1.68 bits per heavy atom. The highest BCUT2D eigenvalue weighted by Crippen LogP contribution is 2.27. The summed E-state index contributed by atoms with van der Waals surface area (Å²) in [6, 6.07) is 22.6. The fourth-order valence-corrected chi connectivity index (χ4v) is 4.50. The smallest absolute Gasteiger partial charge is 0.0777 e. The molecule has 1 aliphatic rings. The Morgan fingerprint density at radius 2 is 1.13 bits per heavy atom. The highest BCUT2D eigenvalue weighted by atomic mass is 16.5. The zero-order valence-corrected chi connectivity index (χ0v) is 22.2. The molecule has 0 saturated carbocycles. The zero-order valence-electron chi connectivity index (χ0n) is 22.2. The van der Waals surface area contributed by atoms with Crippen LogP contribution in [-0.4, -0.2) is 98.8 Å². The van der Waals surface area contributed by atoms with Crippen molar-refractivity contribution in [2.45, 2.75) is 12.6 Å². The van der Waals surface area contributed by atoms with E-state index in [1.54, 1.807) is 0 Å². The minimum atomic E-state index is 0.0211. The molecule has 0 bridgehead atoms. The minimum absolute atomic E-state index is 0.0211. The van der Waals surface area contributed by atoms with Crippen LogP contribution in [0.1, 0.15) is 23.0 Å². The van der Waals surface area contributed by atoms with Crippen molar-refractivity contribution in [1.29, 1.82) is 0 Å². The van der Waals surface area contributed by atoms with E-state index < -0.39 is 0 Å². The van der Waals surface area contributed by atoms with Crippen LogP contribution in [0.5, 0.6) is 0 Å². The Morgan fingerprint density at radius 1 is 0.579 bits per heavy atom. The van der Waals surface area contributed by atoms with Crippen LogP contribution >= 0.6 is 0 Å². The molecule has 1 fully saturated rings. The summed E-state index contributed by atoms with van der Waals surface area (Å²) in [5.74, 6) is 0. The van der Waals surface area contributed by atoms with Crippen molar-refractivity contribution >= 4 is 0 Å². The van der Waals surface area contributed by atoms with Gasteiger partial charge < -0.3 is 18.9 Å². The average molecular weight is 521 g/mol. The molecular formula is C30H40N4O4. The summed E-state index contributed by atoms with van der Waals surface area (Å²) in [5.41, 5.74) is 3.27. The Labute approximate surface area is 226 Å². The fourth-order valence-electron chi connectivity index (χ4n) is 4.50. The van der Waals surface area contributed by atoms with Crippen LogP contribution in [0, 0.1) is 0 Å². The highest BCUT2D eigenvalue weighted by Gasteiger charge is 2.23. The topological polar surface area (TPSA) is 69.2 Å². The maximum absolute atomic E-state index is 5.98. The second-order valence-corrected chi connectivity index (χ2v) is 9.15. The molecule has 4 rings (SSSR count). The number of benzene rings is 1. The molecular weight excluding hydrogens is 480 g/mol. The van der Waals surface area contributed by atoms with Crippen LogP contribution < -0.4 is 0 Å². The molecule has 0 spiro atoms. The molecule has 204 valence electrons. The minimum Gasteiger partial charge on any atom is -0.378 e. The third-order valence-corrected chi connectivity index (χ3v) is 6.45. The van der Waals surface area contributed by atoms with Crippen molar-refractivity contribution in [2.24, 2.45) is 0 Å². The fraction of sp³-hybridized carbons (Fsp3) is 0.467. The number of aromatic nitrogens is 2. The predicted molar refractivity (Wildman–Crippen MR) is 147 cm³/mol. The third kappa shape index (κ3) is 9.87. The van der Waals surface area contributed by atoms with Gasteiger partial charge in [0.15, 0.2) is 0 Å². The van der Waals surface area contributed by atoms with Crippen LogP contribution in [0.2, 0.25) is 0 Å². The Kier molecular flexibility index (Phi) is 12.6. The molecule has 1 unspecified atom stereocenters. The molecule has 2 aromatic heterocycles. The van der Waals surface area contributed by atoms with E-state index in [9.17, 15) is 0 Å². The van der Waals surface area contributed by atoms with Crippen molar-refractivity contribution in [3.05, 3.63) is 96.1 Å². The van der Waals surface area contributed by atoms with E-state index in [-0.39, 0.29) is 6.04 Å². The van der Waals surface area contributed by atoms with Gasteiger partial charge in [0.2, 0.25) is 0 Å². The number of pyridine rings is 2. The lowest BCUT2D eigenvalue weighted by molar-refractivity contribution is 0.00333. The Hall–Kier alpha value is -2.72. The van der Waals surface area contributed by atoms with Gasteiger partial charge in [0, 0.05) is 45.1 Å². The first-order valence-corrected chi connectivity index (χ1v) is 13.5. The van der Waals surface area contributed by atoms with E-state index in [1.165, 1.54) is 5.56 Å². The molecule has 3 aromatic rings. The van der Waals surface area contributed by atoms with E-state index in [0.29, 0.717) is 52.9 Å². The second kappa shape index (κ2) is 17.0. The molecule has 8 nitrogen and oxygen atoms in total. The quantitative estimate of drug-likeness (QED) is 0.507. The van der Waals surface area contributed by atoms with Crippen LogP contribution in [-0.2, 0) is 25.5 Å². The lowest BCUT2D eigenvalue weighted by Gasteiger charge is -2.32. The van der Waals surface area contributed by atoms with E-state index in [2.05, 4.69) is 45.1 Å². The summed E-state index contributed by atoms with van der Waals surface area (Å²) in [4.78, 5) is 13.8. The van der Waals surface area contributed by atoms with E-state index in [0.717, 1.165) is 44.1 Å². The molecule has 1 aliphatic heterocycles. The first-order chi connectivity index (χ1) is 18.9. The highest BCUT2D eigenvalue weighted by molar-refractivity contribution is 5.27. The van der Waals surface area contributed by atoms with Crippen LogP contribution in [0.15, 0.2) is 79.1 Å². The maximum atomic E-state index is 5.98. The van der Waals surface area contributed by atoms with Gasteiger partial charge >= 0.3 is 0 Å². The predicted octanol–water partition coefficient (Wildman–Crippen LogP) is 3.45. The molecule has 1 atom stereocenters. The number of ether oxygens (including phenoxy) is 4. The lowest BCUT2D eigenvalue weighted by Crippen LogP contribution is -2.36. The van der Waals surface area contributed by atoms with Crippen molar-refractivity contribution < 1.29 is 18.9 Å². The average Bonchev–Trinajstić information content (AvgIpc) is 2.96. The molecule has 0 amide bonds. The van der Waals surface area contributed by atoms with Crippen LogP contribution in [0.4, 0.5) is 0 Å². The van der Waals surface area contributed by atoms with Gasteiger partial charge in [-0.25, -0.2) is 0 Å². The number of hydrogen-bond acceptors (Lipinski definition) is 8. The van der Waals surface area contributed by atoms with Gasteiger partial charge in [0.1, 0.15) is 0 Å². The Bertz CT molecular complexity index is 937. The molecule has 1 aromatic carbocycles. The van der Waals surface area contributed by atoms with Crippen molar-refractivity contribution in [3.8, 4) is 0 Å². The normalized spacial score (nSPS) is 19.3. The standard InChI is InChI=1S/C30H40N4O4/c1-2-8-27(9-3-1)30(29-11-5-7-13-32-29)34-16-20-37-24-22-35-18-14-33(26-28-10-4-6-12-31-28)15-19-36-23-25-38-21-17-34/h1-13,30H,14-26H2. The van der Waals surface area contributed by atoms with Gasteiger partial charge in [-0.3, -0.25) is 19.8 Å². The van der Waals surface area contributed by atoms with Crippen molar-refractivity contribution in [3.63, 3.8) is 0 Å². The molecule has 8 heteroatoms. The van der Waals surface area contributed by atoms with E-state index in [1.807, 2.05) is 48.8 Å². The summed E-state index contributed by atoms with van der Waals surface area (Å²) in [6.07, 6.45) is 3.69. The van der Waals surface area contributed by atoms with Crippen LogP contribution in [0.3, 0.4) is 0 Å².